The first-order chi connectivity index (χ1) is 12.8. The molecule has 0 aromatic heterocycles. The zero-order chi connectivity index (χ0) is 20.0. The van der Waals surface area contributed by atoms with Crippen LogP contribution < -0.4 is 0 Å². The third-order valence-electron chi connectivity index (χ3n) is 4.56. The van der Waals surface area contributed by atoms with Crippen LogP contribution in [-0.4, -0.2) is 60.9 Å². The molecular formula is C19H39O7P. The fourth-order valence-electron chi connectivity index (χ4n) is 3.05. The second kappa shape index (κ2) is 14.0. The molecule has 0 radical (unpaired) electrons. The Morgan fingerprint density at radius 3 is 2.41 bits per heavy atom. The van der Waals surface area contributed by atoms with Crippen molar-refractivity contribution in [3.63, 3.8) is 0 Å². The first-order valence-corrected chi connectivity index (χ1v) is 12.2. The van der Waals surface area contributed by atoms with Gasteiger partial charge in [0.2, 0.25) is 0 Å². The van der Waals surface area contributed by atoms with E-state index in [1.165, 1.54) is 38.5 Å². The fraction of sp³-hybridized carbons (Fsp3) is 1.00. The number of hydrogen-bond acceptors (Lipinski definition) is 5. The van der Waals surface area contributed by atoms with Crippen LogP contribution in [0, 0.1) is 0 Å². The minimum Gasteiger partial charge on any atom is -0.379 e. The Balaban J connectivity index is 2.06. The van der Waals surface area contributed by atoms with Gasteiger partial charge < -0.3 is 28.7 Å². The molecule has 0 spiro atoms. The van der Waals surface area contributed by atoms with Crippen molar-refractivity contribution in [2.24, 2.45) is 0 Å². The molecule has 0 aromatic carbocycles. The quantitative estimate of drug-likeness (QED) is 0.295. The first kappa shape index (κ1) is 25.0. The summed E-state index contributed by atoms with van der Waals surface area (Å²) in [6.07, 6.45) is 9.82. The van der Waals surface area contributed by atoms with Crippen molar-refractivity contribution in [1.29, 1.82) is 0 Å². The molecule has 2 atom stereocenters. The molecule has 0 aliphatic carbocycles. The van der Waals surface area contributed by atoms with Crippen molar-refractivity contribution in [2.45, 2.75) is 83.5 Å². The zero-order valence-electron chi connectivity index (χ0n) is 17.1. The minimum absolute atomic E-state index is 0.00740. The van der Waals surface area contributed by atoms with Gasteiger partial charge in [0.25, 0.3) is 0 Å². The molecule has 7 nitrogen and oxygen atoms in total. The molecule has 1 saturated heterocycles. The van der Waals surface area contributed by atoms with Gasteiger partial charge in [-0.05, 0) is 26.2 Å². The predicted octanol–water partition coefficient (Wildman–Crippen LogP) is 3.86. The molecule has 0 amide bonds. The monoisotopic (exact) mass is 410 g/mol. The van der Waals surface area contributed by atoms with Crippen molar-refractivity contribution in [2.75, 3.05) is 39.2 Å². The lowest BCUT2D eigenvalue weighted by Crippen LogP contribution is -2.47. The van der Waals surface area contributed by atoms with Gasteiger partial charge in [0, 0.05) is 13.2 Å². The molecule has 0 aromatic rings. The van der Waals surface area contributed by atoms with E-state index in [2.05, 4.69) is 6.92 Å². The maximum atomic E-state index is 10.8. The molecule has 2 unspecified atom stereocenters. The van der Waals surface area contributed by atoms with Crippen molar-refractivity contribution in [3.05, 3.63) is 0 Å². The molecule has 1 fully saturated rings. The van der Waals surface area contributed by atoms with Crippen molar-refractivity contribution in [1.82, 2.24) is 0 Å². The first-order valence-electron chi connectivity index (χ1n) is 10.4. The van der Waals surface area contributed by atoms with E-state index >= 15 is 0 Å². The molecule has 1 heterocycles. The summed E-state index contributed by atoms with van der Waals surface area (Å²) >= 11 is 0. The third-order valence-corrected chi connectivity index (χ3v) is 5.46. The molecule has 1 rings (SSSR count). The summed E-state index contributed by atoms with van der Waals surface area (Å²) in [5, 5.41) is 0. The largest absolute Gasteiger partial charge is 0.379 e. The minimum atomic E-state index is -3.95. The Morgan fingerprint density at radius 1 is 1.04 bits per heavy atom. The van der Waals surface area contributed by atoms with Crippen LogP contribution in [0.2, 0.25) is 0 Å². The molecule has 162 valence electrons. The number of ether oxygens (including phenoxy) is 4. The van der Waals surface area contributed by atoms with E-state index in [4.69, 9.17) is 28.7 Å². The molecule has 0 saturated carbocycles. The van der Waals surface area contributed by atoms with Crippen molar-refractivity contribution in [3.8, 4) is 0 Å². The number of rotatable bonds is 16. The lowest BCUT2D eigenvalue weighted by molar-refractivity contribution is -0.306. The summed E-state index contributed by atoms with van der Waals surface area (Å²) < 4.78 is 33.7. The summed E-state index contributed by atoms with van der Waals surface area (Å²) in [4.78, 5) is 17.7. The van der Waals surface area contributed by atoms with Crippen molar-refractivity contribution >= 4 is 7.60 Å². The van der Waals surface area contributed by atoms with E-state index in [0.717, 1.165) is 19.4 Å². The van der Waals surface area contributed by atoms with Gasteiger partial charge in [-0.25, -0.2) is 0 Å². The smallest absolute Gasteiger partial charge is 0.325 e. The van der Waals surface area contributed by atoms with Crippen LogP contribution in [0.3, 0.4) is 0 Å². The van der Waals surface area contributed by atoms with Gasteiger partial charge in [-0.2, -0.15) is 0 Å². The van der Waals surface area contributed by atoms with E-state index in [9.17, 15) is 4.57 Å². The molecule has 27 heavy (non-hydrogen) atoms. The fourth-order valence-corrected chi connectivity index (χ4v) is 3.59. The summed E-state index contributed by atoms with van der Waals surface area (Å²) in [6.45, 7) is 6.49. The highest BCUT2D eigenvalue weighted by Crippen LogP contribution is 2.34. The van der Waals surface area contributed by atoms with Gasteiger partial charge in [0.1, 0.15) is 6.61 Å². The molecule has 1 aliphatic rings. The van der Waals surface area contributed by atoms with E-state index in [0.29, 0.717) is 19.6 Å². The normalized spacial score (nSPS) is 23.6. The third kappa shape index (κ3) is 13.7. The van der Waals surface area contributed by atoms with Gasteiger partial charge >= 0.3 is 7.60 Å². The maximum absolute atomic E-state index is 10.8. The summed E-state index contributed by atoms with van der Waals surface area (Å²) in [7, 11) is -3.95. The average molecular weight is 410 g/mol. The Bertz CT molecular complexity index is 415. The Labute approximate surface area is 164 Å². The van der Waals surface area contributed by atoms with Crippen LogP contribution in [0.5, 0.6) is 0 Å². The van der Waals surface area contributed by atoms with Crippen LogP contribution in [-0.2, 0) is 23.5 Å². The van der Waals surface area contributed by atoms with E-state index in [-0.39, 0.29) is 25.5 Å². The Hall–Kier alpha value is -0.0100. The van der Waals surface area contributed by atoms with Crippen LogP contribution in [0.4, 0.5) is 0 Å². The van der Waals surface area contributed by atoms with Crippen LogP contribution in [0.25, 0.3) is 0 Å². The highest BCUT2D eigenvalue weighted by molar-refractivity contribution is 7.51. The molecule has 2 N–H and O–H groups in total. The lowest BCUT2D eigenvalue weighted by Gasteiger charge is -2.38. The van der Waals surface area contributed by atoms with Crippen LogP contribution in [0.15, 0.2) is 0 Å². The van der Waals surface area contributed by atoms with Gasteiger partial charge in [-0.3, -0.25) is 4.57 Å². The van der Waals surface area contributed by atoms with E-state index < -0.39 is 13.4 Å². The second-order valence-corrected chi connectivity index (χ2v) is 9.28. The maximum Gasteiger partial charge on any atom is 0.325 e. The topological polar surface area (TPSA) is 94.5 Å². The zero-order valence-corrected chi connectivity index (χ0v) is 18.0. The molecule has 1 aliphatic heterocycles. The molecule has 8 heteroatoms. The summed E-state index contributed by atoms with van der Waals surface area (Å²) in [5.41, 5.74) is 0. The number of hydrogen-bond donors (Lipinski definition) is 2. The molecule has 0 bridgehead atoms. The average Bonchev–Trinajstić information content (AvgIpc) is 2.59. The highest BCUT2D eigenvalue weighted by Gasteiger charge is 2.34. The lowest BCUT2D eigenvalue weighted by atomic mass is 10.1. The van der Waals surface area contributed by atoms with Crippen LogP contribution >= 0.6 is 7.60 Å². The SMILES string of the molecule is CCCCCCCCCOCC1CCOC(C)(COCCCP(=O)(O)O)O1. The Morgan fingerprint density at radius 2 is 1.70 bits per heavy atom. The van der Waals surface area contributed by atoms with Gasteiger partial charge in [-0.15, -0.1) is 0 Å². The highest BCUT2D eigenvalue weighted by atomic mass is 31.2. The summed E-state index contributed by atoms with van der Waals surface area (Å²) in [5.74, 6) is -0.826. The van der Waals surface area contributed by atoms with Gasteiger partial charge in [-0.1, -0.05) is 45.4 Å². The predicted molar refractivity (Wildman–Crippen MR) is 105 cm³/mol. The second-order valence-electron chi connectivity index (χ2n) is 7.50. The van der Waals surface area contributed by atoms with Crippen molar-refractivity contribution < 1.29 is 33.3 Å². The standard InChI is InChI=1S/C19H39O7P/c1-3-4-5-6-7-8-9-12-23-16-18-11-14-25-19(2,26-18)17-24-13-10-15-27(20,21)22/h18H,3-17H2,1-2H3,(H2,20,21,22). The van der Waals surface area contributed by atoms with E-state index in [1.807, 2.05) is 6.92 Å². The van der Waals surface area contributed by atoms with Gasteiger partial charge in [0.15, 0.2) is 5.79 Å². The summed E-state index contributed by atoms with van der Waals surface area (Å²) in [6, 6.07) is 0. The van der Waals surface area contributed by atoms with Crippen LogP contribution in [0.1, 0.15) is 71.6 Å². The number of unbranched alkanes of at least 4 members (excludes halogenated alkanes) is 6. The molecular weight excluding hydrogens is 371 g/mol. The van der Waals surface area contributed by atoms with E-state index in [1.54, 1.807) is 0 Å². The Kier molecular flexibility index (Phi) is 13.0. The van der Waals surface area contributed by atoms with Gasteiger partial charge in [0.05, 0.1) is 25.5 Å².